The van der Waals surface area contributed by atoms with Gasteiger partial charge in [-0.25, -0.2) is 4.98 Å². The summed E-state index contributed by atoms with van der Waals surface area (Å²) in [5.41, 5.74) is 7.28. The van der Waals surface area contributed by atoms with Crippen molar-refractivity contribution in [2.75, 3.05) is 12.3 Å². The van der Waals surface area contributed by atoms with Crippen molar-refractivity contribution in [3.63, 3.8) is 0 Å². The molecule has 0 bridgehead atoms. The van der Waals surface area contributed by atoms with Gasteiger partial charge in [-0.05, 0) is 36.8 Å². The van der Waals surface area contributed by atoms with E-state index in [1.165, 1.54) is 0 Å². The van der Waals surface area contributed by atoms with Crippen LogP contribution in [0.2, 0.25) is 0 Å². The lowest BCUT2D eigenvalue weighted by Crippen LogP contribution is -2.24. The Morgan fingerprint density at radius 2 is 2.20 bits per heavy atom. The summed E-state index contributed by atoms with van der Waals surface area (Å²) >= 11 is 0. The number of nitrogen functional groups attached to an aromatic ring is 1. The summed E-state index contributed by atoms with van der Waals surface area (Å²) in [4.78, 5) is 15.9. The van der Waals surface area contributed by atoms with Gasteiger partial charge in [-0.1, -0.05) is 12.1 Å². The second kappa shape index (κ2) is 6.56. The number of rotatable bonds is 5. The van der Waals surface area contributed by atoms with E-state index in [0.29, 0.717) is 18.8 Å². The van der Waals surface area contributed by atoms with Crippen LogP contribution in [0.15, 0.2) is 42.6 Å². The van der Waals surface area contributed by atoms with Crippen LogP contribution in [0.1, 0.15) is 23.0 Å². The average molecular weight is 271 g/mol. The monoisotopic (exact) mass is 271 g/mol. The molecule has 3 N–H and O–H groups in total. The highest BCUT2D eigenvalue weighted by Crippen LogP contribution is 2.13. The van der Waals surface area contributed by atoms with Crippen molar-refractivity contribution in [2.24, 2.45) is 0 Å². The fourth-order valence-electron chi connectivity index (χ4n) is 1.79. The lowest BCUT2D eigenvalue weighted by molar-refractivity contribution is 0.0947. The number of benzene rings is 1. The number of nitrogens with two attached hydrogens (primary N) is 1. The number of amides is 1. The third kappa shape index (κ3) is 3.47. The number of carbonyl (C=O) groups is 1. The summed E-state index contributed by atoms with van der Waals surface area (Å²) < 4.78 is 5.41. The summed E-state index contributed by atoms with van der Waals surface area (Å²) in [5, 5.41) is 2.79. The van der Waals surface area contributed by atoms with Gasteiger partial charge in [-0.3, -0.25) is 4.79 Å². The van der Waals surface area contributed by atoms with E-state index in [1.54, 1.807) is 18.3 Å². The largest absolute Gasteiger partial charge is 0.494 e. The molecule has 1 amide bonds. The van der Waals surface area contributed by atoms with Crippen LogP contribution < -0.4 is 15.8 Å². The molecule has 1 aromatic heterocycles. The first-order chi connectivity index (χ1) is 9.70. The van der Waals surface area contributed by atoms with Crippen molar-refractivity contribution in [1.29, 1.82) is 0 Å². The average Bonchev–Trinajstić information content (AvgIpc) is 2.46. The molecule has 0 aliphatic rings. The third-order valence-corrected chi connectivity index (χ3v) is 2.72. The maximum atomic E-state index is 12.0. The lowest BCUT2D eigenvalue weighted by atomic mass is 10.2. The van der Waals surface area contributed by atoms with Gasteiger partial charge in [0.15, 0.2) is 5.69 Å². The Morgan fingerprint density at radius 3 is 2.95 bits per heavy atom. The number of pyridine rings is 1. The minimum absolute atomic E-state index is 0.244. The first kappa shape index (κ1) is 13.9. The van der Waals surface area contributed by atoms with Gasteiger partial charge >= 0.3 is 0 Å². The van der Waals surface area contributed by atoms with Gasteiger partial charge < -0.3 is 15.8 Å². The van der Waals surface area contributed by atoms with Crippen LogP contribution in [-0.2, 0) is 6.54 Å². The molecular weight excluding hydrogens is 254 g/mol. The van der Waals surface area contributed by atoms with Crippen LogP contribution in [0, 0.1) is 0 Å². The van der Waals surface area contributed by atoms with Gasteiger partial charge in [0.2, 0.25) is 0 Å². The quantitative estimate of drug-likeness (QED) is 0.872. The van der Waals surface area contributed by atoms with Crippen molar-refractivity contribution >= 4 is 11.6 Å². The highest BCUT2D eigenvalue weighted by atomic mass is 16.5. The Kier molecular flexibility index (Phi) is 4.55. The highest BCUT2D eigenvalue weighted by Gasteiger charge is 2.10. The molecule has 0 atom stereocenters. The molecule has 5 heteroatoms. The maximum absolute atomic E-state index is 12.0. The van der Waals surface area contributed by atoms with Crippen LogP contribution in [-0.4, -0.2) is 17.5 Å². The predicted molar refractivity (Wildman–Crippen MR) is 77.4 cm³/mol. The third-order valence-electron chi connectivity index (χ3n) is 2.72. The van der Waals surface area contributed by atoms with Crippen molar-refractivity contribution < 1.29 is 9.53 Å². The van der Waals surface area contributed by atoms with Crippen LogP contribution in [0.3, 0.4) is 0 Å². The molecule has 0 unspecified atom stereocenters. The normalized spacial score (nSPS) is 10.1. The first-order valence-corrected chi connectivity index (χ1v) is 6.41. The highest BCUT2D eigenvalue weighted by molar-refractivity contribution is 5.96. The van der Waals surface area contributed by atoms with Gasteiger partial charge in [0.25, 0.3) is 5.91 Å². The summed E-state index contributed by atoms with van der Waals surface area (Å²) in [7, 11) is 0. The van der Waals surface area contributed by atoms with Crippen molar-refractivity contribution in [2.45, 2.75) is 13.5 Å². The number of nitrogens with one attached hydrogen (secondary N) is 1. The van der Waals surface area contributed by atoms with Gasteiger partial charge in [0, 0.05) is 12.7 Å². The topological polar surface area (TPSA) is 77.2 Å². The zero-order valence-electron chi connectivity index (χ0n) is 11.3. The molecule has 2 rings (SSSR count). The predicted octanol–water partition coefficient (Wildman–Crippen LogP) is 1.99. The molecule has 0 aliphatic carbocycles. The number of aromatic nitrogens is 1. The summed E-state index contributed by atoms with van der Waals surface area (Å²) in [6.45, 7) is 2.94. The van der Waals surface area contributed by atoms with Crippen LogP contribution >= 0.6 is 0 Å². The van der Waals surface area contributed by atoms with Crippen molar-refractivity contribution in [3.8, 4) is 5.75 Å². The van der Waals surface area contributed by atoms with Crippen molar-refractivity contribution in [3.05, 3.63) is 53.9 Å². The van der Waals surface area contributed by atoms with E-state index in [2.05, 4.69) is 10.3 Å². The molecule has 20 heavy (non-hydrogen) atoms. The minimum Gasteiger partial charge on any atom is -0.494 e. The van der Waals surface area contributed by atoms with Gasteiger partial charge in [-0.15, -0.1) is 0 Å². The Morgan fingerprint density at radius 1 is 1.35 bits per heavy atom. The van der Waals surface area contributed by atoms with E-state index in [0.717, 1.165) is 11.3 Å². The SMILES string of the molecule is CCOc1cccc(CNC(=O)c2ncccc2N)c1. The fraction of sp³-hybridized carbons (Fsp3) is 0.200. The Balaban J connectivity index is 2.00. The number of anilines is 1. The van der Waals surface area contributed by atoms with Gasteiger partial charge in [-0.2, -0.15) is 0 Å². The summed E-state index contributed by atoms with van der Waals surface area (Å²) in [5.74, 6) is 0.501. The molecule has 0 aliphatic heterocycles. The number of nitrogens with zero attached hydrogens (tertiary/aromatic N) is 1. The van der Waals surface area contributed by atoms with Gasteiger partial charge in [0.05, 0.1) is 12.3 Å². The second-order valence-electron chi connectivity index (χ2n) is 4.20. The molecule has 104 valence electrons. The standard InChI is InChI=1S/C15H17N3O2/c1-2-20-12-6-3-5-11(9-12)10-18-15(19)14-13(16)7-4-8-17-14/h3-9H,2,10,16H2,1H3,(H,18,19). The van der Waals surface area contributed by atoms with E-state index in [1.807, 2.05) is 31.2 Å². The van der Waals surface area contributed by atoms with E-state index < -0.39 is 0 Å². The molecule has 2 aromatic rings. The van der Waals surface area contributed by atoms with Crippen LogP contribution in [0.25, 0.3) is 0 Å². The van der Waals surface area contributed by atoms with Crippen LogP contribution in [0.5, 0.6) is 5.75 Å². The first-order valence-electron chi connectivity index (χ1n) is 6.41. The number of hydrogen-bond donors (Lipinski definition) is 2. The molecular formula is C15H17N3O2. The molecule has 0 saturated heterocycles. The number of ether oxygens (including phenoxy) is 1. The van der Waals surface area contributed by atoms with E-state index in [-0.39, 0.29) is 11.6 Å². The smallest absolute Gasteiger partial charge is 0.272 e. The van der Waals surface area contributed by atoms with E-state index in [9.17, 15) is 4.79 Å². The molecule has 0 saturated carbocycles. The van der Waals surface area contributed by atoms with Crippen molar-refractivity contribution in [1.82, 2.24) is 10.3 Å². The zero-order chi connectivity index (χ0) is 14.4. The number of carbonyl (C=O) groups excluding carboxylic acids is 1. The van der Waals surface area contributed by atoms with Gasteiger partial charge in [0.1, 0.15) is 5.75 Å². The Hall–Kier alpha value is -2.56. The molecule has 1 aromatic carbocycles. The Labute approximate surface area is 117 Å². The van der Waals surface area contributed by atoms with E-state index >= 15 is 0 Å². The fourth-order valence-corrected chi connectivity index (χ4v) is 1.79. The van der Waals surface area contributed by atoms with E-state index in [4.69, 9.17) is 10.5 Å². The summed E-state index contributed by atoms with van der Waals surface area (Å²) in [6, 6.07) is 10.9. The Bertz CT molecular complexity index is 599. The minimum atomic E-state index is -0.287. The maximum Gasteiger partial charge on any atom is 0.272 e. The molecule has 0 spiro atoms. The zero-order valence-corrected chi connectivity index (χ0v) is 11.3. The molecule has 0 radical (unpaired) electrons. The molecule has 5 nitrogen and oxygen atoms in total. The molecule has 1 heterocycles. The summed E-state index contributed by atoms with van der Waals surface area (Å²) in [6.07, 6.45) is 1.54. The van der Waals surface area contributed by atoms with Crippen LogP contribution in [0.4, 0.5) is 5.69 Å². The number of hydrogen-bond acceptors (Lipinski definition) is 4. The molecule has 0 fully saturated rings. The lowest BCUT2D eigenvalue weighted by Gasteiger charge is -2.08. The second-order valence-corrected chi connectivity index (χ2v) is 4.20.